The van der Waals surface area contributed by atoms with Gasteiger partial charge < -0.3 is 22.0 Å². The SMILES string of the molecule is NN=CC1=C(S)c2c(Oc3cncc(C(N)=O)c3)sc(C(N)=O)c2CC1. The molecule has 0 saturated heterocycles. The summed E-state index contributed by atoms with van der Waals surface area (Å²) in [5.74, 6) is 4.40. The fourth-order valence-electron chi connectivity index (χ4n) is 2.66. The highest BCUT2D eigenvalue weighted by molar-refractivity contribution is 7.90. The number of primary amides is 2. The number of carbonyl (C=O) groups is 2. The van der Waals surface area contributed by atoms with E-state index in [4.69, 9.17) is 22.0 Å². The molecule has 10 heteroatoms. The van der Waals surface area contributed by atoms with Crippen molar-refractivity contribution in [2.24, 2.45) is 22.4 Å². The van der Waals surface area contributed by atoms with Crippen LogP contribution in [0.15, 0.2) is 29.1 Å². The molecule has 0 unspecified atom stereocenters. The van der Waals surface area contributed by atoms with E-state index in [0.29, 0.717) is 39.0 Å². The number of amides is 2. The zero-order valence-electron chi connectivity index (χ0n) is 13.4. The number of thiol groups is 1. The largest absolute Gasteiger partial charge is 0.444 e. The van der Waals surface area contributed by atoms with Crippen LogP contribution >= 0.6 is 24.0 Å². The number of allylic oxidation sites excluding steroid dienone is 1. The van der Waals surface area contributed by atoms with Crippen LogP contribution in [0.5, 0.6) is 10.8 Å². The number of carbonyl (C=O) groups excluding carboxylic acids is 2. The first-order chi connectivity index (χ1) is 12.4. The van der Waals surface area contributed by atoms with Gasteiger partial charge in [-0.25, -0.2) is 0 Å². The highest BCUT2D eigenvalue weighted by Crippen LogP contribution is 2.47. The van der Waals surface area contributed by atoms with Crippen molar-refractivity contribution in [3.8, 4) is 10.8 Å². The average Bonchev–Trinajstić information content (AvgIpc) is 2.97. The second-order valence-corrected chi connectivity index (χ2v) is 6.89. The predicted octanol–water partition coefficient (Wildman–Crippen LogP) is 1.66. The number of fused-ring (bicyclic) bond motifs is 1. The maximum atomic E-state index is 11.8. The summed E-state index contributed by atoms with van der Waals surface area (Å²) in [6.45, 7) is 0. The molecule has 1 aliphatic rings. The van der Waals surface area contributed by atoms with Gasteiger partial charge in [0.2, 0.25) is 5.91 Å². The first kappa shape index (κ1) is 18.0. The molecular formula is C16H15N5O3S2. The lowest BCUT2D eigenvalue weighted by Gasteiger charge is -2.17. The van der Waals surface area contributed by atoms with Gasteiger partial charge in [0.1, 0.15) is 5.75 Å². The lowest BCUT2D eigenvalue weighted by Crippen LogP contribution is -2.13. The molecule has 2 amide bonds. The van der Waals surface area contributed by atoms with Crippen molar-refractivity contribution in [1.29, 1.82) is 0 Å². The van der Waals surface area contributed by atoms with Gasteiger partial charge in [-0.1, -0.05) is 11.3 Å². The Morgan fingerprint density at radius 2 is 2.04 bits per heavy atom. The summed E-state index contributed by atoms with van der Waals surface area (Å²) < 4.78 is 5.88. The summed E-state index contributed by atoms with van der Waals surface area (Å²) in [5.41, 5.74) is 13.2. The lowest BCUT2D eigenvalue weighted by atomic mass is 9.93. The third kappa shape index (κ3) is 3.28. The Bertz CT molecular complexity index is 965. The van der Waals surface area contributed by atoms with E-state index in [1.807, 2.05) is 0 Å². The maximum absolute atomic E-state index is 11.8. The first-order valence-electron chi connectivity index (χ1n) is 7.46. The highest BCUT2D eigenvalue weighted by Gasteiger charge is 2.28. The maximum Gasteiger partial charge on any atom is 0.259 e. The molecular weight excluding hydrogens is 374 g/mol. The first-order valence-corrected chi connectivity index (χ1v) is 8.72. The molecule has 2 heterocycles. The second-order valence-electron chi connectivity index (χ2n) is 5.46. The molecule has 0 spiro atoms. The molecule has 2 aromatic heterocycles. The Kier molecular flexibility index (Phi) is 4.96. The van der Waals surface area contributed by atoms with Gasteiger partial charge in [0.05, 0.1) is 22.9 Å². The molecule has 1 aliphatic carbocycles. The van der Waals surface area contributed by atoms with Crippen molar-refractivity contribution < 1.29 is 14.3 Å². The zero-order valence-corrected chi connectivity index (χ0v) is 15.1. The van der Waals surface area contributed by atoms with Crippen LogP contribution in [-0.4, -0.2) is 23.0 Å². The fourth-order valence-corrected chi connectivity index (χ4v) is 4.22. The van der Waals surface area contributed by atoms with Gasteiger partial charge in [-0.05, 0) is 30.0 Å². The van der Waals surface area contributed by atoms with Crippen molar-refractivity contribution in [2.75, 3.05) is 0 Å². The van der Waals surface area contributed by atoms with Crippen LogP contribution in [0.3, 0.4) is 0 Å². The lowest BCUT2D eigenvalue weighted by molar-refractivity contribution is 0.0993. The van der Waals surface area contributed by atoms with Gasteiger partial charge in [-0.2, -0.15) is 5.10 Å². The Hall–Kier alpha value is -2.85. The molecule has 26 heavy (non-hydrogen) atoms. The van der Waals surface area contributed by atoms with Crippen molar-refractivity contribution >= 4 is 46.9 Å². The quantitative estimate of drug-likeness (QED) is 0.266. The van der Waals surface area contributed by atoms with Crippen LogP contribution in [0.1, 0.15) is 37.6 Å². The normalized spacial score (nSPS) is 13.7. The number of ether oxygens (including phenoxy) is 1. The number of nitrogens with two attached hydrogens (primary N) is 3. The minimum absolute atomic E-state index is 0.209. The van der Waals surface area contributed by atoms with E-state index < -0.39 is 11.8 Å². The van der Waals surface area contributed by atoms with Crippen molar-refractivity contribution in [3.63, 3.8) is 0 Å². The molecule has 6 N–H and O–H groups in total. The van der Waals surface area contributed by atoms with Gasteiger partial charge in [-0.15, -0.1) is 12.6 Å². The standard InChI is InChI=1S/C16H15N5O3S2/c17-14(22)8-3-9(6-20-4-8)24-16-11-10(13(26-16)15(18)23)2-1-7(5-21-19)12(11)25/h3-6,25H,1-2,19H2,(H2,17,22)(H2,18,23). The molecule has 0 aromatic carbocycles. The summed E-state index contributed by atoms with van der Waals surface area (Å²) in [7, 11) is 0. The van der Waals surface area contributed by atoms with Gasteiger partial charge in [-0.3, -0.25) is 14.6 Å². The monoisotopic (exact) mass is 389 g/mol. The zero-order chi connectivity index (χ0) is 18.8. The number of hydrazone groups is 1. The van der Waals surface area contributed by atoms with E-state index in [2.05, 4.69) is 22.7 Å². The number of hydrogen-bond acceptors (Lipinski definition) is 8. The van der Waals surface area contributed by atoms with Gasteiger partial charge in [0, 0.05) is 16.7 Å². The summed E-state index contributed by atoms with van der Waals surface area (Å²) >= 11 is 5.67. The van der Waals surface area contributed by atoms with E-state index >= 15 is 0 Å². The summed E-state index contributed by atoms with van der Waals surface area (Å²) in [6, 6.07) is 1.47. The Balaban J connectivity index is 2.10. The van der Waals surface area contributed by atoms with Gasteiger partial charge >= 0.3 is 0 Å². The Morgan fingerprint density at radius 3 is 2.69 bits per heavy atom. The molecule has 0 radical (unpaired) electrons. The molecule has 0 fully saturated rings. The molecule has 0 saturated carbocycles. The van der Waals surface area contributed by atoms with Crippen LogP contribution in [-0.2, 0) is 6.42 Å². The minimum atomic E-state index is -0.620. The van der Waals surface area contributed by atoms with E-state index in [1.54, 1.807) is 0 Å². The Labute approximate surface area is 158 Å². The van der Waals surface area contributed by atoms with Crippen LogP contribution < -0.4 is 22.0 Å². The fraction of sp³-hybridized carbons (Fsp3) is 0.125. The van der Waals surface area contributed by atoms with Crippen molar-refractivity contribution in [2.45, 2.75) is 12.8 Å². The molecule has 2 aromatic rings. The summed E-state index contributed by atoms with van der Waals surface area (Å²) in [6.07, 6.45) is 5.51. The van der Waals surface area contributed by atoms with E-state index in [1.165, 1.54) is 24.7 Å². The number of pyridine rings is 1. The summed E-state index contributed by atoms with van der Waals surface area (Å²) in [4.78, 5) is 28.1. The van der Waals surface area contributed by atoms with Crippen LogP contribution in [0.2, 0.25) is 0 Å². The Morgan fingerprint density at radius 1 is 1.27 bits per heavy atom. The minimum Gasteiger partial charge on any atom is -0.444 e. The number of hydrogen-bond donors (Lipinski definition) is 4. The van der Waals surface area contributed by atoms with Gasteiger partial charge in [0.15, 0.2) is 5.06 Å². The second kappa shape index (κ2) is 7.18. The summed E-state index contributed by atoms with van der Waals surface area (Å²) in [5, 5.41) is 3.97. The van der Waals surface area contributed by atoms with E-state index in [9.17, 15) is 9.59 Å². The number of thiophene rings is 1. The molecule has 8 nitrogen and oxygen atoms in total. The van der Waals surface area contributed by atoms with Crippen LogP contribution in [0.4, 0.5) is 0 Å². The predicted molar refractivity (Wildman–Crippen MR) is 103 cm³/mol. The van der Waals surface area contributed by atoms with E-state index in [0.717, 1.165) is 22.5 Å². The number of rotatable bonds is 5. The third-order valence-electron chi connectivity index (χ3n) is 3.82. The third-order valence-corrected chi connectivity index (χ3v) is 5.46. The van der Waals surface area contributed by atoms with Crippen molar-refractivity contribution in [1.82, 2.24) is 4.98 Å². The number of aromatic nitrogens is 1. The van der Waals surface area contributed by atoms with Crippen molar-refractivity contribution in [3.05, 3.63) is 45.6 Å². The average molecular weight is 389 g/mol. The highest BCUT2D eigenvalue weighted by atomic mass is 32.1. The molecule has 3 rings (SSSR count). The van der Waals surface area contributed by atoms with E-state index in [-0.39, 0.29) is 5.56 Å². The molecule has 0 aliphatic heterocycles. The topological polar surface area (TPSA) is 147 Å². The molecule has 0 bridgehead atoms. The molecule has 134 valence electrons. The molecule has 0 atom stereocenters. The van der Waals surface area contributed by atoms with Crippen LogP contribution in [0.25, 0.3) is 4.91 Å². The van der Waals surface area contributed by atoms with Crippen LogP contribution in [0, 0.1) is 0 Å². The number of nitrogens with zero attached hydrogens (tertiary/aromatic N) is 2. The smallest absolute Gasteiger partial charge is 0.259 e. The van der Waals surface area contributed by atoms with Gasteiger partial charge in [0.25, 0.3) is 5.91 Å².